The molecule has 1 aliphatic carbocycles. The maximum Gasteiger partial charge on any atom is 0.264 e. The van der Waals surface area contributed by atoms with Gasteiger partial charge in [0.25, 0.3) is 15.8 Å². The van der Waals surface area contributed by atoms with E-state index in [2.05, 4.69) is 4.72 Å². The molecule has 2 aromatic carbocycles. The van der Waals surface area contributed by atoms with E-state index in [-0.39, 0.29) is 5.69 Å². The van der Waals surface area contributed by atoms with Gasteiger partial charge in [-0.2, -0.15) is 0 Å². The lowest BCUT2D eigenvalue weighted by atomic mass is 10.2. The van der Waals surface area contributed by atoms with Crippen LogP contribution in [0.5, 0.6) is 11.5 Å². The topological polar surface area (TPSA) is 64.6 Å². The fraction of sp³-hybridized carbons (Fsp3) is 0.294. The summed E-state index contributed by atoms with van der Waals surface area (Å²) in [4.78, 5) is -0.626. The van der Waals surface area contributed by atoms with Crippen LogP contribution in [-0.4, -0.2) is 14.2 Å². The van der Waals surface area contributed by atoms with Gasteiger partial charge < -0.3 is 9.47 Å². The van der Waals surface area contributed by atoms with E-state index in [0.717, 1.165) is 37.8 Å². The molecule has 2 aliphatic rings. The highest BCUT2D eigenvalue weighted by atomic mass is 32.2. The lowest BCUT2D eigenvalue weighted by Gasteiger charge is -2.21. The maximum atomic E-state index is 13.8. The Morgan fingerprint density at radius 3 is 2.40 bits per heavy atom. The van der Waals surface area contributed by atoms with Gasteiger partial charge in [-0.1, -0.05) is 0 Å². The zero-order valence-electron chi connectivity index (χ0n) is 13.1. The van der Waals surface area contributed by atoms with Crippen molar-refractivity contribution >= 4 is 15.7 Å². The number of fused-ring (bicyclic) bond motifs is 1. The van der Waals surface area contributed by atoms with Gasteiger partial charge in [-0.05, 0) is 37.1 Å². The van der Waals surface area contributed by atoms with Gasteiger partial charge in [-0.25, -0.2) is 17.2 Å². The number of benzene rings is 2. The summed E-state index contributed by atoms with van der Waals surface area (Å²) < 4.78 is 65.4. The van der Waals surface area contributed by atoms with E-state index in [1.807, 2.05) is 0 Å². The van der Waals surface area contributed by atoms with Gasteiger partial charge in [0.1, 0.15) is 16.5 Å². The number of halogens is 2. The zero-order chi connectivity index (χ0) is 17.7. The minimum Gasteiger partial charge on any atom is -0.448 e. The van der Waals surface area contributed by atoms with Crippen LogP contribution < -0.4 is 14.2 Å². The van der Waals surface area contributed by atoms with Gasteiger partial charge in [0.2, 0.25) is 0 Å². The van der Waals surface area contributed by atoms with Gasteiger partial charge in [0.05, 0.1) is 5.69 Å². The highest BCUT2D eigenvalue weighted by Gasteiger charge is 2.44. The second-order valence-electron chi connectivity index (χ2n) is 6.16. The molecular weight excluding hydrogens is 352 g/mol. The van der Waals surface area contributed by atoms with Crippen molar-refractivity contribution in [1.29, 1.82) is 0 Å². The molecule has 0 atom stereocenters. The molecule has 132 valence electrons. The van der Waals surface area contributed by atoms with Gasteiger partial charge in [-0.3, -0.25) is 4.72 Å². The summed E-state index contributed by atoms with van der Waals surface area (Å²) in [7, 11) is -4.19. The SMILES string of the molecule is O=S(=O)(Nc1ccc2c(c1)OC1(CCCC1)O2)c1ccc(F)cc1F. The molecule has 1 aliphatic heterocycles. The molecule has 0 amide bonds. The molecule has 25 heavy (non-hydrogen) atoms. The summed E-state index contributed by atoms with van der Waals surface area (Å²) in [6, 6.07) is 6.92. The summed E-state index contributed by atoms with van der Waals surface area (Å²) >= 11 is 0. The van der Waals surface area contributed by atoms with Crippen LogP contribution in [0.3, 0.4) is 0 Å². The van der Waals surface area contributed by atoms with Crippen molar-refractivity contribution in [2.75, 3.05) is 4.72 Å². The Morgan fingerprint density at radius 1 is 0.960 bits per heavy atom. The molecule has 0 radical (unpaired) electrons. The summed E-state index contributed by atoms with van der Waals surface area (Å²) in [5, 5.41) is 0. The van der Waals surface area contributed by atoms with Crippen LogP contribution in [0.4, 0.5) is 14.5 Å². The molecule has 5 nitrogen and oxygen atoms in total. The number of sulfonamides is 1. The van der Waals surface area contributed by atoms with Crippen LogP contribution in [0.1, 0.15) is 25.7 Å². The second-order valence-corrected chi connectivity index (χ2v) is 7.81. The third kappa shape index (κ3) is 2.90. The fourth-order valence-corrected chi connectivity index (χ4v) is 4.29. The summed E-state index contributed by atoms with van der Waals surface area (Å²) in [6.45, 7) is 0. The average Bonchev–Trinajstić information content (AvgIpc) is 3.12. The molecule has 2 aromatic rings. The molecule has 1 spiro atoms. The highest BCUT2D eigenvalue weighted by Crippen LogP contribution is 2.47. The predicted octanol–water partition coefficient (Wildman–Crippen LogP) is 3.81. The first kappa shape index (κ1) is 16.1. The van der Waals surface area contributed by atoms with Gasteiger partial charge >= 0.3 is 0 Å². The van der Waals surface area contributed by atoms with E-state index >= 15 is 0 Å². The first-order valence-corrected chi connectivity index (χ1v) is 9.35. The normalized spacial score (nSPS) is 17.8. The first-order chi connectivity index (χ1) is 11.9. The Kier molecular flexibility index (Phi) is 3.61. The van der Waals surface area contributed by atoms with Crippen molar-refractivity contribution < 1.29 is 26.7 Å². The first-order valence-electron chi connectivity index (χ1n) is 7.87. The van der Waals surface area contributed by atoms with Gasteiger partial charge in [0.15, 0.2) is 11.5 Å². The maximum absolute atomic E-state index is 13.8. The lowest BCUT2D eigenvalue weighted by Crippen LogP contribution is -2.34. The van der Waals surface area contributed by atoms with E-state index in [0.29, 0.717) is 17.6 Å². The van der Waals surface area contributed by atoms with Crippen LogP contribution >= 0.6 is 0 Å². The summed E-state index contributed by atoms with van der Waals surface area (Å²) in [5.74, 6) is -1.65. The largest absolute Gasteiger partial charge is 0.448 e. The Labute approximate surface area is 143 Å². The number of rotatable bonds is 3. The van der Waals surface area contributed by atoms with Crippen LogP contribution in [0.2, 0.25) is 0 Å². The van der Waals surface area contributed by atoms with Gasteiger partial charge in [0, 0.05) is 25.0 Å². The van der Waals surface area contributed by atoms with Crippen molar-refractivity contribution in [3.05, 3.63) is 48.0 Å². The number of nitrogens with one attached hydrogen (secondary N) is 1. The molecule has 1 fully saturated rings. The Bertz CT molecular complexity index is 940. The van der Waals surface area contributed by atoms with Crippen LogP contribution in [0, 0.1) is 11.6 Å². The molecule has 4 rings (SSSR count). The highest BCUT2D eigenvalue weighted by molar-refractivity contribution is 7.92. The van der Waals surface area contributed by atoms with E-state index in [1.54, 1.807) is 6.07 Å². The quantitative estimate of drug-likeness (QED) is 0.896. The minimum absolute atomic E-state index is 0.209. The molecular formula is C17H15F2NO4S. The van der Waals surface area contributed by atoms with Crippen LogP contribution in [0.25, 0.3) is 0 Å². The van der Waals surface area contributed by atoms with Crippen molar-refractivity contribution in [2.24, 2.45) is 0 Å². The molecule has 8 heteroatoms. The third-order valence-electron chi connectivity index (χ3n) is 4.34. The zero-order valence-corrected chi connectivity index (χ0v) is 13.9. The Morgan fingerprint density at radius 2 is 1.68 bits per heavy atom. The monoisotopic (exact) mass is 367 g/mol. The van der Waals surface area contributed by atoms with Crippen molar-refractivity contribution in [3.8, 4) is 11.5 Å². The second kappa shape index (κ2) is 5.59. The Balaban J connectivity index is 1.60. The van der Waals surface area contributed by atoms with Crippen molar-refractivity contribution in [2.45, 2.75) is 36.4 Å². The summed E-state index contributed by atoms with van der Waals surface area (Å²) in [6.07, 6.45) is 3.59. The van der Waals surface area contributed by atoms with Crippen molar-refractivity contribution in [1.82, 2.24) is 0 Å². The minimum atomic E-state index is -4.19. The van der Waals surface area contributed by atoms with E-state index in [4.69, 9.17) is 9.47 Å². The standard InChI is InChI=1S/C17H15F2NO4S/c18-11-3-6-16(13(19)9-11)25(21,22)20-12-4-5-14-15(10-12)24-17(23-14)7-1-2-8-17/h3-6,9-10,20H,1-2,7-8H2. The predicted molar refractivity (Wildman–Crippen MR) is 86.1 cm³/mol. The number of anilines is 1. The number of ether oxygens (including phenoxy) is 2. The molecule has 1 heterocycles. The molecule has 0 unspecified atom stereocenters. The van der Waals surface area contributed by atoms with Crippen LogP contribution in [-0.2, 0) is 10.0 Å². The molecule has 1 N–H and O–H groups in total. The lowest BCUT2D eigenvalue weighted by molar-refractivity contribution is -0.0716. The molecule has 0 bridgehead atoms. The molecule has 0 aromatic heterocycles. The summed E-state index contributed by atoms with van der Waals surface area (Å²) in [5.41, 5.74) is 0.209. The number of hydrogen-bond acceptors (Lipinski definition) is 4. The van der Waals surface area contributed by atoms with E-state index in [1.165, 1.54) is 12.1 Å². The van der Waals surface area contributed by atoms with Crippen LogP contribution in [0.15, 0.2) is 41.3 Å². The third-order valence-corrected chi connectivity index (χ3v) is 5.75. The van der Waals surface area contributed by atoms with Gasteiger partial charge in [-0.15, -0.1) is 0 Å². The smallest absolute Gasteiger partial charge is 0.264 e. The fourth-order valence-electron chi connectivity index (χ4n) is 3.18. The number of hydrogen-bond donors (Lipinski definition) is 1. The average molecular weight is 367 g/mol. The molecule has 0 saturated heterocycles. The molecule has 1 saturated carbocycles. The Hall–Kier alpha value is -2.35. The van der Waals surface area contributed by atoms with E-state index < -0.39 is 32.3 Å². The van der Waals surface area contributed by atoms with E-state index in [9.17, 15) is 17.2 Å². The van der Waals surface area contributed by atoms with Crippen molar-refractivity contribution in [3.63, 3.8) is 0 Å².